The van der Waals surface area contributed by atoms with Gasteiger partial charge >= 0.3 is 12.1 Å². The van der Waals surface area contributed by atoms with Gasteiger partial charge < -0.3 is 19.5 Å². The molecular formula is C17H23BrN2O5. The first-order chi connectivity index (χ1) is 11.6. The van der Waals surface area contributed by atoms with Crippen molar-refractivity contribution in [1.29, 1.82) is 0 Å². The number of carbonyl (C=O) groups is 2. The Bertz CT molecular complexity index is 636. The average Bonchev–Trinajstić information content (AvgIpc) is 2.52. The molecule has 0 radical (unpaired) electrons. The number of likely N-dealkylation sites (tertiary alicyclic amines) is 1. The Balaban J connectivity index is 2.17. The van der Waals surface area contributed by atoms with E-state index in [2.05, 4.69) is 20.9 Å². The Morgan fingerprint density at radius 3 is 2.52 bits per heavy atom. The molecule has 1 fully saturated rings. The summed E-state index contributed by atoms with van der Waals surface area (Å²) in [5, 5.41) is 9.01. The summed E-state index contributed by atoms with van der Waals surface area (Å²) in [6, 6.07) is 1.81. The molecule has 0 spiro atoms. The van der Waals surface area contributed by atoms with Gasteiger partial charge in [-0.3, -0.25) is 4.98 Å². The summed E-state index contributed by atoms with van der Waals surface area (Å²) in [6.07, 6.45) is 3.88. The molecule has 7 nitrogen and oxygen atoms in total. The number of amides is 1. The second kappa shape index (κ2) is 7.70. The number of aromatic nitrogens is 1. The lowest BCUT2D eigenvalue weighted by atomic mass is 9.84. The van der Waals surface area contributed by atoms with Gasteiger partial charge in [0.15, 0.2) is 0 Å². The van der Waals surface area contributed by atoms with Crippen LogP contribution in [0.25, 0.3) is 0 Å². The number of piperidine rings is 1. The van der Waals surface area contributed by atoms with Gasteiger partial charge in [0.25, 0.3) is 0 Å². The summed E-state index contributed by atoms with van der Waals surface area (Å²) < 4.78 is 12.0. The first-order valence-corrected chi connectivity index (χ1v) is 8.86. The second-order valence-corrected chi connectivity index (χ2v) is 7.85. The van der Waals surface area contributed by atoms with Gasteiger partial charge in [-0.2, -0.15) is 0 Å². The summed E-state index contributed by atoms with van der Waals surface area (Å²) in [7, 11) is 0. The molecule has 1 aromatic rings. The minimum Gasteiger partial charge on any atom is -0.480 e. The lowest BCUT2D eigenvalue weighted by Gasteiger charge is -2.42. The zero-order valence-corrected chi connectivity index (χ0v) is 16.2. The number of aliphatic carboxylic acids is 1. The van der Waals surface area contributed by atoms with Gasteiger partial charge in [0.05, 0.1) is 5.60 Å². The molecule has 2 heterocycles. The van der Waals surface area contributed by atoms with E-state index < -0.39 is 23.8 Å². The van der Waals surface area contributed by atoms with E-state index in [9.17, 15) is 9.59 Å². The van der Waals surface area contributed by atoms with Crippen molar-refractivity contribution in [1.82, 2.24) is 9.88 Å². The Labute approximate surface area is 155 Å². The SMILES string of the molecule is CC(C)(C)OC(=O)N1CCC(OCC(=O)O)(c2ccncc2Br)CC1. The van der Waals surface area contributed by atoms with Gasteiger partial charge in [-0.1, -0.05) is 0 Å². The molecule has 1 aliphatic heterocycles. The molecule has 0 aliphatic carbocycles. The molecule has 1 saturated heterocycles. The van der Waals surface area contributed by atoms with Crippen molar-refractivity contribution in [2.24, 2.45) is 0 Å². The van der Waals surface area contributed by atoms with Crippen LogP contribution in [0, 0.1) is 0 Å². The molecule has 1 aliphatic rings. The van der Waals surface area contributed by atoms with Crippen LogP contribution in [-0.2, 0) is 19.9 Å². The van der Waals surface area contributed by atoms with Crippen LogP contribution in [0.4, 0.5) is 4.79 Å². The van der Waals surface area contributed by atoms with E-state index >= 15 is 0 Å². The monoisotopic (exact) mass is 414 g/mol. The van der Waals surface area contributed by atoms with Crippen molar-refractivity contribution in [2.75, 3.05) is 19.7 Å². The molecule has 138 valence electrons. The van der Waals surface area contributed by atoms with Crippen LogP contribution in [0.3, 0.4) is 0 Å². The molecule has 2 rings (SSSR count). The van der Waals surface area contributed by atoms with E-state index in [1.165, 1.54) is 0 Å². The summed E-state index contributed by atoms with van der Waals surface area (Å²) in [5.74, 6) is -1.03. The maximum absolute atomic E-state index is 12.2. The van der Waals surface area contributed by atoms with E-state index in [0.717, 1.165) is 10.0 Å². The Kier molecular flexibility index (Phi) is 6.05. The minimum absolute atomic E-state index is 0.367. The van der Waals surface area contributed by atoms with Crippen LogP contribution in [0.2, 0.25) is 0 Å². The Morgan fingerprint density at radius 2 is 2.00 bits per heavy atom. The highest BCUT2D eigenvalue weighted by Crippen LogP contribution is 2.40. The predicted octanol–water partition coefficient (Wildman–Crippen LogP) is 3.17. The molecule has 8 heteroatoms. The largest absolute Gasteiger partial charge is 0.480 e. The van der Waals surface area contributed by atoms with Crippen molar-refractivity contribution in [3.63, 3.8) is 0 Å². The van der Waals surface area contributed by atoms with E-state index in [-0.39, 0.29) is 6.09 Å². The molecule has 25 heavy (non-hydrogen) atoms. The first-order valence-electron chi connectivity index (χ1n) is 8.07. The lowest BCUT2D eigenvalue weighted by molar-refractivity contribution is -0.155. The number of rotatable bonds is 4. The maximum atomic E-state index is 12.2. The van der Waals surface area contributed by atoms with Crippen LogP contribution in [-0.4, -0.2) is 52.4 Å². The van der Waals surface area contributed by atoms with Crippen molar-refractivity contribution in [3.8, 4) is 0 Å². The van der Waals surface area contributed by atoms with Crippen molar-refractivity contribution >= 4 is 28.0 Å². The van der Waals surface area contributed by atoms with Gasteiger partial charge in [0, 0.05) is 35.5 Å². The topological polar surface area (TPSA) is 89.0 Å². The normalized spacial score (nSPS) is 17.2. The summed E-state index contributed by atoms with van der Waals surface area (Å²) in [4.78, 5) is 28.9. The fraction of sp³-hybridized carbons (Fsp3) is 0.588. The lowest BCUT2D eigenvalue weighted by Crippen LogP contribution is -2.48. The summed E-state index contributed by atoms with van der Waals surface area (Å²) in [6.45, 7) is 5.91. The third-order valence-electron chi connectivity index (χ3n) is 3.96. The zero-order valence-electron chi connectivity index (χ0n) is 14.6. The van der Waals surface area contributed by atoms with Crippen LogP contribution in [0.15, 0.2) is 22.9 Å². The van der Waals surface area contributed by atoms with Crippen LogP contribution in [0.1, 0.15) is 39.2 Å². The third-order valence-corrected chi connectivity index (χ3v) is 4.59. The van der Waals surface area contributed by atoms with Crippen molar-refractivity contribution in [2.45, 2.75) is 44.8 Å². The minimum atomic E-state index is -1.03. The highest BCUT2D eigenvalue weighted by molar-refractivity contribution is 9.10. The molecule has 0 bridgehead atoms. The maximum Gasteiger partial charge on any atom is 0.410 e. The number of ether oxygens (including phenoxy) is 2. The number of carboxylic acids is 1. The molecule has 1 aromatic heterocycles. The number of hydrogen-bond acceptors (Lipinski definition) is 5. The second-order valence-electron chi connectivity index (χ2n) is 7.00. The average molecular weight is 415 g/mol. The number of nitrogens with zero attached hydrogens (tertiary/aromatic N) is 2. The van der Waals surface area contributed by atoms with Crippen LogP contribution < -0.4 is 0 Å². The zero-order chi connectivity index (χ0) is 18.7. The first kappa shape index (κ1) is 19.7. The number of carbonyl (C=O) groups excluding carboxylic acids is 1. The fourth-order valence-electron chi connectivity index (χ4n) is 2.81. The fourth-order valence-corrected chi connectivity index (χ4v) is 3.42. The van der Waals surface area contributed by atoms with E-state index in [1.807, 2.05) is 26.8 Å². The smallest absolute Gasteiger partial charge is 0.410 e. The Morgan fingerprint density at radius 1 is 1.36 bits per heavy atom. The number of pyridine rings is 1. The standard InChI is InChI=1S/C17H23BrN2O5/c1-16(2,3)25-15(23)20-8-5-17(6-9-20,24-11-14(21)22)12-4-7-19-10-13(12)18/h4,7,10H,5-6,8-9,11H2,1-3H3,(H,21,22). The Hall–Kier alpha value is -1.67. The molecular weight excluding hydrogens is 392 g/mol. The van der Waals surface area contributed by atoms with Gasteiger partial charge in [-0.15, -0.1) is 0 Å². The molecule has 0 atom stereocenters. The van der Waals surface area contributed by atoms with E-state index in [0.29, 0.717) is 25.9 Å². The third kappa shape index (κ3) is 5.15. The van der Waals surface area contributed by atoms with Crippen LogP contribution in [0.5, 0.6) is 0 Å². The molecule has 0 unspecified atom stereocenters. The summed E-state index contributed by atoms with van der Waals surface area (Å²) in [5.41, 5.74) is -0.495. The number of halogens is 1. The highest BCUT2D eigenvalue weighted by Gasteiger charge is 2.41. The van der Waals surface area contributed by atoms with Gasteiger partial charge in [0.1, 0.15) is 12.2 Å². The van der Waals surface area contributed by atoms with Gasteiger partial charge in [-0.05, 0) is 55.6 Å². The summed E-state index contributed by atoms with van der Waals surface area (Å²) >= 11 is 3.46. The highest BCUT2D eigenvalue weighted by atomic mass is 79.9. The number of hydrogen-bond donors (Lipinski definition) is 1. The van der Waals surface area contributed by atoms with Crippen molar-refractivity contribution < 1.29 is 24.2 Å². The molecule has 0 aromatic carbocycles. The van der Waals surface area contributed by atoms with Crippen molar-refractivity contribution in [3.05, 3.63) is 28.5 Å². The quantitative estimate of drug-likeness (QED) is 0.813. The van der Waals surface area contributed by atoms with Gasteiger partial charge in [-0.25, -0.2) is 9.59 Å². The van der Waals surface area contributed by atoms with E-state index in [4.69, 9.17) is 14.6 Å². The molecule has 1 N–H and O–H groups in total. The molecule has 1 amide bonds. The van der Waals surface area contributed by atoms with E-state index in [1.54, 1.807) is 17.3 Å². The number of carboxylic acid groups (broad SMARTS) is 1. The predicted molar refractivity (Wildman–Crippen MR) is 94.2 cm³/mol. The molecule has 0 saturated carbocycles. The van der Waals surface area contributed by atoms with Gasteiger partial charge in [0.2, 0.25) is 0 Å². The van der Waals surface area contributed by atoms with Crippen LogP contribution >= 0.6 is 15.9 Å².